The molecule has 0 aliphatic carbocycles. The molecule has 0 bridgehead atoms. The van der Waals surface area contributed by atoms with E-state index in [2.05, 4.69) is 48.5 Å². The first kappa shape index (κ1) is 12.3. The van der Waals surface area contributed by atoms with Crippen LogP contribution in [-0.2, 0) is 11.8 Å². The SMILES string of the molecule is CC(C)(c1ccccc1)c1nc(CCN)cs1. The van der Waals surface area contributed by atoms with Gasteiger partial charge in [0.05, 0.1) is 5.69 Å². The highest BCUT2D eigenvalue weighted by molar-refractivity contribution is 7.09. The molecule has 2 aromatic rings. The monoisotopic (exact) mass is 246 g/mol. The molecule has 0 saturated heterocycles. The van der Waals surface area contributed by atoms with Crippen LogP contribution in [0.1, 0.15) is 30.1 Å². The summed E-state index contributed by atoms with van der Waals surface area (Å²) in [4.78, 5) is 4.69. The Hall–Kier alpha value is -1.19. The summed E-state index contributed by atoms with van der Waals surface area (Å²) in [7, 11) is 0. The van der Waals surface area contributed by atoms with Gasteiger partial charge in [-0.1, -0.05) is 30.3 Å². The molecule has 2 nitrogen and oxygen atoms in total. The Morgan fingerprint density at radius 3 is 2.59 bits per heavy atom. The number of thiazole rings is 1. The summed E-state index contributed by atoms with van der Waals surface area (Å²) in [6.07, 6.45) is 0.862. The van der Waals surface area contributed by atoms with Crippen molar-refractivity contribution >= 4 is 11.3 Å². The highest BCUT2D eigenvalue weighted by Crippen LogP contribution is 2.33. The maximum absolute atomic E-state index is 5.55. The fourth-order valence-corrected chi connectivity index (χ4v) is 2.84. The fraction of sp³-hybridized carbons (Fsp3) is 0.357. The lowest BCUT2D eigenvalue weighted by Gasteiger charge is -2.22. The molecule has 1 heterocycles. The van der Waals surface area contributed by atoms with Gasteiger partial charge in [0.1, 0.15) is 5.01 Å². The summed E-state index contributed by atoms with van der Waals surface area (Å²) >= 11 is 1.72. The summed E-state index contributed by atoms with van der Waals surface area (Å²) in [5.74, 6) is 0. The van der Waals surface area contributed by atoms with E-state index >= 15 is 0 Å². The molecule has 2 N–H and O–H groups in total. The highest BCUT2D eigenvalue weighted by Gasteiger charge is 2.26. The average molecular weight is 246 g/mol. The van der Waals surface area contributed by atoms with Crippen LogP contribution in [0.2, 0.25) is 0 Å². The minimum absolute atomic E-state index is 0.0290. The van der Waals surface area contributed by atoms with Crippen molar-refractivity contribution in [3.8, 4) is 0 Å². The van der Waals surface area contributed by atoms with Crippen LogP contribution in [0.15, 0.2) is 35.7 Å². The Bertz CT molecular complexity index is 474. The van der Waals surface area contributed by atoms with E-state index in [1.807, 2.05) is 6.07 Å². The molecule has 17 heavy (non-hydrogen) atoms. The van der Waals surface area contributed by atoms with E-state index in [0.29, 0.717) is 6.54 Å². The van der Waals surface area contributed by atoms with Crippen molar-refractivity contribution in [3.63, 3.8) is 0 Å². The van der Waals surface area contributed by atoms with Crippen LogP contribution in [0, 0.1) is 0 Å². The van der Waals surface area contributed by atoms with Crippen LogP contribution >= 0.6 is 11.3 Å². The molecule has 0 amide bonds. The van der Waals surface area contributed by atoms with Crippen LogP contribution in [0.4, 0.5) is 0 Å². The number of nitrogens with zero attached hydrogens (tertiary/aromatic N) is 1. The predicted molar refractivity (Wildman–Crippen MR) is 73.4 cm³/mol. The van der Waals surface area contributed by atoms with Crippen molar-refractivity contribution in [2.24, 2.45) is 5.73 Å². The van der Waals surface area contributed by atoms with E-state index in [9.17, 15) is 0 Å². The first-order valence-corrected chi connectivity index (χ1v) is 6.73. The lowest BCUT2D eigenvalue weighted by Crippen LogP contribution is -2.18. The van der Waals surface area contributed by atoms with Gasteiger partial charge in [0.2, 0.25) is 0 Å². The Morgan fingerprint density at radius 2 is 1.94 bits per heavy atom. The molecule has 0 unspecified atom stereocenters. The Kier molecular flexibility index (Phi) is 3.60. The second-order valence-corrected chi connectivity index (χ2v) is 5.53. The number of nitrogens with two attached hydrogens (primary N) is 1. The van der Waals surface area contributed by atoms with Crippen LogP contribution in [0.5, 0.6) is 0 Å². The first-order valence-electron chi connectivity index (χ1n) is 5.85. The quantitative estimate of drug-likeness (QED) is 0.900. The Labute approximate surface area is 107 Å². The zero-order valence-electron chi connectivity index (χ0n) is 10.3. The van der Waals surface area contributed by atoms with Gasteiger partial charge in [-0.3, -0.25) is 0 Å². The first-order chi connectivity index (χ1) is 8.14. The predicted octanol–water partition coefficient (Wildman–Crippen LogP) is 2.97. The van der Waals surface area contributed by atoms with Crippen molar-refractivity contribution in [3.05, 3.63) is 52.0 Å². The highest BCUT2D eigenvalue weighted by atomic mass is 32.1. The molecular weight excluding hydrogens is 228 g/mol. The summed E-state index contributed by atoms with van der Waals surface area (Å²) in [6.45, 7) is 5.09. The van der Waals surface area contributed by atoms with Crippen LogP contribution in [0.25, 0.3) is 0 Å². The topological polar surface area (TPSA) is 38.9 Å². The minimum atomic E-state index is -0.0290. The third-order valence-corrected chi connectivity index (χ3v) is 4.20. The van der Waals surface area contributed by atoms with Gasteiger partial charge in [-0.2, -0.15) is 0 Å². The number of hydrogen-bond acceptors (Lipinski definition) is 3. The molecule has 0 aliphatic heterocycles. The zero-order valence-corrected chi connectivity index (χ0v) is 11.1. The maximum Gasteiger partial charge on any atom is 0.103 e. The van der Waals surface area contributed by atoms with Crippen molar-refractivity contribution in [1.82, 2.24) is 4.98 Å². The van der Waals surface area contributed by atoms with Crippen LogP contribution in [0.3, 0.4) is 0 Å². The molecule has 0 radical (unpaired) electrons. The molecule has 1 aromatic heterocycles. The normalized spacial score (nSPS) is 11.7. The van der Waals surface area contributed by atoms with Gasteiger partial charge in [-0.25, -0.2) is 4.98 Å². The van der Waals surface area contributed by atoms with E-state index in [1.165, 1.54) is 5.56 Å². The maximum atomic E-state index is 5.55. The van der Waals surface area contributed by atoms with Gasteiger partial charge < -0.3 is 5.73 Å². The molecule has 0 aliphatic rings. The molecule has 0 atom stereocenters. The number of benzene rings is 1. The Morgan fingerprint density at radius 1 is 1.24 bits per heavy atom. The lowest BCUT2D eigenvalue weighted by molar-refractivity contribution is 0.631. The zero-order chi connectivity index (χ0) is 12.3. The van der Waals surface area contributed by atoms with E-state index in [-0.39, 0.29) is 5.41 Å². The molecule has 3 heteroatoms. The van der Waals surface area contributed by atoms with Crippen molar-refractivity contribution in [2.75, 3.05) is 6.54 Å². The van der Waals surface area contributed by atoms with Gasteiger partial charge >= 0.3 is 0 Å². The van der Waals surface area contributed by atoms with Gasteiger partial charge in [-0.15, -0.1) is 11.3 Å². The molecule has 1 aromatic carbocycles. The molecule has 2 rings (SSSR count). The largest absolute Gasteiger partial charge is 0.330 e. The summed E-state index contributed by atoms with van der Waals surface area (Å²) in [5.41, 5.74) is 7.93. The standard InChI is InChI=1S/C14H18N2S/c1-14(2,11-6-4-3-5-7-11)13-16-12(8-9-15)10-17-13/h3-7,10H,8-9,15H2,1-2H3. The van der Waals surface area contributed by atoms with Crippen molar-refractivity contribution in [1.29, 1.82) is 0 Å². The minimum Gasteiger partial charge on any atom is -0.330 e. The summed E-state index contributed by atoms with van der Waals surface area (Å²) in [6, 6.07) is 10.5. The molecular formula is C14H18N2S. The van der Waals surface area contributed by atoms with Crippen LogP contribution < -0.4 is 5.73 Å². The Balaban J connectivity index is 2.31. The van der Waals surface area contributed by atoms with E-state index in [1.54, 1.807) is 11.3 Å². The lowest BCUT2D eigenvalue weighted by atomic mass is 9.85. The van der Waals surface area contributed by atoms with E-state index in [4.69, 9.17) is 5.73 Å². The number of rotatable bonds is 4. The van der Waals surface area contributed by atoms with E-state index in [0.717, 1.165) is 17.1 Å². The summed E-state index contributed by atoms with van der Waals surface area (Å²) in [5, 5.41) is 3.28. The molecule has 0 fully saturated rings. The van der Waals surface area contributed by atoms with Crippen molar-refractivity contribution < 1.29 is 0 Å². The molecule has 0 spiro atoms. The third-order valence-electron chi connectivity index (χ3n) is 2.98. The second kappa shape index (κ2) is 4.98. The smallest absolute Gasteiger partial charge is 0.103 e. The second-order valence-electron chi connectivity index (χ2n) is 4.67. The third kappa shape index (κ3) is 2.56. The number of hydrogen-bond donors (Lipinski definition) is 1. The van der Waals surface area contributed by atoms with Gasteiger partial charge in [-0.05, 0) is 26.0 Å². The average Bonchev–Trinajstić information content (AvgIpc) is 2.80. The van der Waals surface area contributed by atoms with Gasteiger partial charge in [0.15, 0.2) is 0 Å². The van der Waals surface area contributed by atoms with Gasteiger partial charge in [0.25, 0.3) is 0 Å². The molecule has 90 valence electrons. The van der Waals surface area contributed by atoms with Crippen molar-refractivity contribution in [2.45, 2.75) is 25.7 Å². The fourth-order valence-electron chi connectivity index (χ4n) is 1.84. The summed E-state index contributed by atoms with van der Waals surface area (Å²) < 4.78 is 0. The number of aromatic nitrogens is 1. The van der Waals surface area contributed by atoms with E-state index < -0.39 is 0 Å². The van der Waals surface area contributed by atoms with Crippen LogP contribution in [-0.4, -0.2) is 11.5 Å². The van der Waals surface area contributed by atoms with Gasteiger partial charge in [0, 0.05) is 17.2 Å². The molecule has 0 saturated carbocycles.